The van der Waals surface area contributed by atoms with Crippen molar-refractivity contribution in [2.45, 2.75) is 39.5 Å². The molecule has 19 heavy (non-hydrogen) atoms. The molecule has 0 aliphatic heterocycles. The molecule has 0 saturated carbocycles. The topological polar surface area (TPSA) is 0 Å². The first-order valence-electron chi connectivity index (χ1n) is 7.06. The van der Waals surface area contributed by atoms with Crippen LogP contribution in [-0.4, -0.2) is 0 Å². The molecular weight excluding hydrogens is 343 g/mol. The second-order valence-corrected chi connectivity index (χ2v) is 6.30. The molecule has 0 bridgehead atoms. The van der Waals surface area contributed by atoms with Gasteiger partial charge >= 0.3 is 0 Å². The van der Waals surface area contributed by atoms with Crippen LogP contribution >= 0.6 is 22.6 Å². The first-order chi connectivity index (χ1) is 9.20. The molecule has 0 heterocycles. The molecule has 2 aromatic rings. The molecule has 0 atom stereocenters. The Hall–Kier alpha value is -0.830. The predicted octanol–water partition coefficient (Wildman–Crippen LogP) is 6.00. The summed E-state index contributed by atoms with van der Waals surface area (Å²) in [5.41, 5.74) is 5.48. The van der Waals surface area contributed by atoms with E-state index in [-0.39, 0.29) is 0 Å². The normalized spacial score (nSPS) is 10.7. The molecular formula is C18H21I. The van der Waals surface area contributed by atoms with Crippen LogP contribution in [0.3, 0.4) is 0 Å². The number of aryl methyl sites for hydroxylation is 2. The largest absolute Gasteiger partial charge is 0.0654 e. The van der Waals surface area contributed by atoms with Crippen molar-refractivity contribution in [1.82, 2.24) is 0 Å². The molecule has 2 aromatic carbocycles. The molecule has 0 aromatic heterocycles. The minimum absolute atomic E-state index is 1.20. The second kappa shape index (κ2) is 7.09. The number of unbranched alkanes of at least 4 members (excludes halogenated alkanes) is 2. The number of rotatable bonds is 5. The van der Waals surface area contributed by atoms with Crippen LogP contribution < -0.4 is 0 Å². The van der Waals surface area contributed by atoms with Gasteiger partial charge in [0.1, 0.15) is 0 Å². The van der Waals surface area contributed by atoms with Gasteiger partial charge in [-0.15, -0.1) is 0 Å². The van der Waals surface area contributed by atoms with Crippen LogP contribution in [0.25, 0.3) is 11.1 Å². The molecule has 0 radical (unpaired) electrons. The van der Waals surface area contributed by atoms with Crippen molar-refractivity contribution in [3.8, 4) is 11.1 Å². The van der Waals surface area contributed by atoms with Crippen LogP contribution in [0, 0.1) is 10.5 Å². The first kappa shape index (κ1) is 14.6. The summed E-state index contributed by atoms with van der Waals surface area (Å²) in [4.78, 5) is 0. The maximum atomic E-state index is 2.43. The van der Waals surface area contributed by atoms with Crippen molar-refractivity contribution < 1.29 is 0 Å². The minimum Gasteiger partial charge on any atom is -0.0654 e. The first-order valence-corrected chi connectivity index (χ1v) is 8.14. The number of hydrogen-bond donors (Lipinski definition) is 0. The lowest BCUT2D eigenvalue weighted by atomic mass is 9.99. The molecule has 2 rings (SSSR count). The molecule has 0 fully saturated rings. The molecule has 100 valence electrons. The summed E-state index contributed by atoms with van der Waals surface area (Å²) in [6.45, 7) is 4.39. The lowest BCUT2D eigenvalue weighted by Crippen LogP contribution is -1.90. The fraction of sp³-hybridized carbons (Fsp3) is 0.333. The Bertz CT molecular complexity index is 526. The highest BCUT2D eigenvalue weighted by Crippen LogP contribution is 2.27. The highest BCUT2D eigenvalue weighted by molar-refractivity contribution is 14.1. The van der Waals surface area contributed by atoms with Crippen LogP contribution in [0.2, 0.25) is 0 Å². The molecule has 1 heteroatoms. The lowest BCUT2D eigenvalue weighted by Gasteiger charge is -2.09. The Labute approximate surface area is 130 Å². The molecule has 0 aliphatic carbocycles. The third-order valence-electron chi connectivity index (χ3n) is 3.46. The molecule has 0 unspecified atom stereocenters. The number of hydrogen-bond acceptors (Lipinski definition) is 0. The fourth-order valence-electron chi connectivity index (χ4n) is 2.26. The van der Waals surface area contributed by atoms with Gasteiger partial charge in [-0.3, -0.25) is 0 Å². The van der Waals surface area contributed by atoms with Gasteiger partial charge in [0.25, 0.3) is 0 Å². The number of benzene rings is 2. The molecule has 0 N–H and O–H groups in total. The second-order valence-electron chi connectivity index (χ2n) is 5.14. The predicted molar refractivity (Wildman–Crippen MR) is 92.6 cm³/mol. The summed E-state index contributed by atoms with van der Waals surface area (Å²) < 4.78 is 1.33. The lowest BCUT2D eigenvalue weighted by molar-refractivity contribution is 0.717. The van der Waals surface area contributed by atoms with Crippen LogP contribution in [0.4, 0.5) is 0 Å². The third kappa shape index (κ3) is 4.07. The Morgan fingerprint density at radius 1 is 0.947 bits per heavy atom. The van der Waals surface area contributed by atoms with Crippen molar-refractivity contribution in [2.24, 2.45) is 0 Å². The summed E-state index contributed by atoms with van der Waals surface area (Å²) in [6.07, 6.45) is 5.11. The quantitative estimate of drug-likeness (QED) is 0.451. The van der Waals surface area contributed by atoms with Gasteiger partial charge in [-0.1, -0.05) is 61.7 Å². The van der Waals surface area contributed by atoms with E-state index in [0.717, 1.165) is 0 Å². The van der Waals surface area contributed by atoms with Gasteiger partial charge in [-0.25, -0.2) is 0 Å². The standard InChI is InChI=1S/C18H21I/c1-3-4-5-6-15-9-12-18(19)17(13-15)16-10-7-14(2)8-11-16/h7-13H,3-6H2,1-2H3. The Balaban J connectivity index is 2.24. The monoisotopic (exact) mass is 364 g/mol. The Morgan fingerprint density at radius 3 is 2.37 bits per heavy atom. The van der Waals surface area contributed by atoms with E-state index in [2.05, 4.69) is 78.9 Å². The van der Waals surface area contributed by atoms with Crippen molar-refractivity contribution in [3.05, 3.63) is 57.2 Å². The molecule has 0 saturated heterocycles. The Morgan fingerprint density at radius 2 is 1.68 bits per heavy atom. The van der Waals surface area contributed by atoms with Crippen LogP contribution in [0.1, 0.15) is 37.3 Å². The van der Waals surface area contributed by atoms with E-state index < -0.39 is 0 Å². The third-order valence-corrected chi connectivity index (χ3v) is 4.40. The van der Waals surface area contributed by atoms with Gasteiger partial charge in [0.2, 0.25) is 0 Å². The summed E-state index contributed by atoms with van der Waals surface area (Å²) >= 11 is 2.43. The summed E-state index contributed by atoms with van der Waals surface area (Å²) in [5.74, 6) is 0. The Kier molecular flexibility index (Phi) is 5.44. The molecule has 0 spiro atoms. The van der Waals surface area contributed by atoms with Gasteiger partial charge in [0.15, 0.2) is 0 Å². The summed E-state index contributed by atoms with van der Waals surface area (Å²) in [7, 11) is 0. The van der Waals surface area contributed by atoms with E-state index in [4.69, 9.17) is 0 Å². The zero-order valence-corrected chi connectivity index (χ0v) is 13.9. The smallest absolute Gasteiger partial charge is 0.0208 e. The maximum absolute atomic E-state index is 2.43. The van der Waals surface area contributed by atoms with Crippen LogP contribution in [0.15, 0.2) is 42.5 Å². The van der Waals surface area contributed by atoms with Gasteiger partial charge in [-0.2, -0.15) is 0 Å². The molecule has 0 aliphatic rings. The van der Waals surface area contributed by atoms with E-state index >= 15 is 0 Å². The van der Waals surface area contributed by atoms with Crippen molar-refractivity contribution in [3.63, 3.8) is 0 Å². The van der Waals surface area contributed by atoms with E-state index in [9.17, 15) is 0 Å². The summed E-state index contributed by atoms with van der Waals surface area (Å²) in [6, 6.07) is 15.7. The average Bonchev–Trinajstić information content (AvgIpc) is 2.42. The molecule has 0 amide bonds. The highest BCUT2D eigenvalue weighted by Gasteiger charge is 2.04. The van der Waals surface area contributed by atoms with Crippen LogP contribution in [0.5, 0.6) is 0 Å². The zero-order chi connectivity index (χ0) is 13.7. The van der Waals surface area contributed by atoms with Crippen molar-refractivity contribution in [1.29, 1.82) is 0 Å². The van der Waals surface area contributed by atoms with E-state index in [1.54, 1.807) is 0 Å². The van der Waals surface area contributed by atoms with Crippen LogP contribution in [-0.2, 0) is 6.42 Å². The highest BCUT2D eigenvalue weighted by atomic mass is 127. The van der Waals surface area contributed by atoms with E-state index in [1.165, 1.54) is 51.5 Å². The maximum Gasteiger partial charge on any atom is 0.0208 e. The number of halogens is 1. The van der Waals surface area contributed by atoms with Gasteiger partial charge < -0.3 is 0 Å². The SMILES string of the molecule is CCCCCc1ccc(I)c(-c2ccc(C)cc2)c1. The van der Waals surface area contributed by atoms with E-state index in [0.29, 0.717) is 0 Å². The summed E-state index contributed by atoms with van der Waals surface area (Å²) in [5, 5.41) is 0. The van der Waals surface area contributed by atoms with Gasteiger partial charge in [0, 0.05) is 3.57 Å². The van der Waals surface area contributed by atoms with Crippen molar-refractivity contribution >= 4 is 22.6 Å². The average molecular weight is 364 g/mol. The van der Waals surface area contributed by atoms with Gasteiger partial charge in [0.05, 0.1) is 0 Å². The van der Waals surface area contributed by atoms with Crippen molar-refractivity contribution in [2.75, 3.05) is 0 Å². The zero-order valence-electron chi connectivity index (χ0n) is 11.7. The fourth-order valence-corrected chi connectivity index (χ4v) is 2.91. The van der Waals surface area contributed by atoms with E-state index in [1.807, 2.05) is 0 Å². The van der Waals surface area contributed by atoms with Gasteiger partial charge in [-0.05, 0) is 65.1 Å². The molecule has 0 nitrogen and oxygen atoms in total. The minimum atomic E-state index is 1.20.